The van der Waals surface area contributed by atoms with Crippen LogP contribution < -0.4 is 0 Å². The van der Waals surface area contributed by atoms with Crippen LogP contribution in [0.2, 0.25) is 0 Å². The Morgan fingerprint density at radius 3 is 2.50 bits per heavy atom. The lowest BCUT2D eigenvalue weighted by Crippen LogP contribution is -2.06. The molecule has 0 saturated heterocycles. The molecule has 0 unspecified atom stereocenters. The van der Waals surface area contributed by atoms with Crippen LogP contribution in [0.25, 0.3) is 11.0 Å². The van der Waals surface area contributed by atoms with Crippen LogP contribution in [0, 0.1) is 6.92 Å². The number of fused-ring (bicyclic) bond motifs is 1. The molecule has 16 heavy (non-hydrogen) atoms. The monoisotopic (exact) mass is 292 g/mol. The van der Waals surface area contributed by atoms with E-state index in [1.54, 1.807) is 18.5 Å². The molecule has 0 aliphatic rings. The van der Waals surface area contributed by atoms with Crippen molar-refractivity contribution in [2.75, 3.05) is 0 Å². The molecule has 2 aromatic rings. The van der Waals surface area contributed by atoms with E-state index in [2.05, 4.69) is 20.9 Å². The molecule has 0 atom stereocenters. The normalized spacial score (nSPS) is 12.4. The Bertz CT molecular complexity index is 557. The summed E-state index contributed by atoms with van der Waals surface area (Å²) in [7, 11) is 1.69. The van der Waals surface area contributed by atoms with Crippen molar-refractivity contribution in [3.63, 3.8) is 0 Å². The van der Waals surface area contributed by atoms with Crippen molar-refractivity contribution in [1.82, 2.24) is 9.55 Å². The Hall–Kier alpha value is -1.04. The zero-order chi connectivity index (χ0) is 12.1. The third-order valence-corrected chi connectivity index (χ3v) is 3.15. The van der Waals surface area contributed by atoms with Gasteiger partial charge in [-0.05, 0) is 19.1 Å². The quantitative estimate of drug-likeness (QED) is 0.724. The predicted octanol–water partition coefficient (Wildman–Crippen LogP) is 3.66. The van der Waals surface area contributed by atoms with E-state index in [1.807, 2.05) is 0 Å². The summed E-state index contributed by atoms with van der Waals surface area (Å²) in [6.45, 7) is 1.75. The molecule has 0 fully saturated rings. The highest BCUT2D eigenvalue weighted by Gasteiger charge is 2.33. The first-order valence-electron chi connectivity index (χ1n) is 4.50. The highest BCUT2D eigenvalue weighted by Crippen LogP contribution is 2.37. The topological polar surface area (TPSA) is 17.8 Å². The maximum absolute atomic E-state index is 12.7. The summed E-state index contributed by atoms with van der Waals surface area (Å²) in [5.74, 6) is 0.682. The van der Waals surface area contributed by atoms with E-state index >= 15 is 0 Å². The number of alkyl halides is 3. The Morgan fingerprint density at radius 2 is 1.94 bits per heavy atom. The number of rotatable bonds is 0. The van der Waals surface area contributed by atoms with E-state index < -0.39 is 11.7 Å². The molecule has 0 aliphatic carbocycles. The standard InChI is InChI=1S/C10H8BrF3N2/c1-5-15-8-4-7(11)6(10(12,13)14)3-9(8)16(5)2/h3-4H,1-2H3. The molecule has 2 rings (SSSR count). The van der Waals surface area contributed by atoms with Crippen molar-refractivity contribution in [1.29, 1.82) is 0 Å². The van der Waals surface area contributed by atoms with Crippen LogP contribution in [-0.4, -0.2) is 9.55 Å². The Labute approximate surface area is 98.2 Å². The summed E-state index contributed by atoms with van der Waals surface area (Å²) in [4.78, 5) is 4.16. The van der Waals surface area contributed by atoms with Gasteiger partial charge in [0.2, 0.25) is 0 Å². The largest absolute Gasteiger partial charge is 0.417 e. The molecule has 0 radical (unpaired) electrons. The second-order valence-electron chi connectivity index (χ2n) is 3.54. The fourth-order valence-electron chi connectivity index (χ4n) is 1.55. The van der Waals surface area contributed by atoms with Gasteiger partial charge in [0, 0.05) is 11.5 Å². The molecule has 0 aliphatic heterocycles. The van der Waals surface area contributed by atoms with E-state index in [0.29, 0.717) is 16.9 Å². The molecule has 86 valence electrons. The van der Waals surface area contributed by atoms with Gasteiger partial charge in [0.25, 0.3) is 0 Å². The smallest absolute Gasteiger partial charge is 0.331 e. The number of hydrogen-bond donors (Lipinski definition) is 0. The Morgan fingerprint density at radius 1 is 1.31 bits per heavy atom. The number of halogens is 4. The minimum absolute atomic E-state index is 0.0191. The van der Waals surface area contributed by atoms with E-state index in [4.69, 9.17) is 0 Å². The van der Waals surface area contributed by atoms with E-state index in [1.165, 1.54) is 6.07 Å². The molecule has 1 aromatic heterocycles. The zero-order valence-electron chi connectivity index (χ0n) is 8.56. The molecular formula is C10H8BrF3N2. The zero-order valence-corrected chi connectivity index (χ0v) is 10.1. The number of aromatic nitrogens is 2. The van der Waals surface area contributed by atoms with E-state index in [-0.39, 0.29) is 4.47 Å². The first-order valence-corrected chi connectivity index (χ1v) is 5.30. The summed E-state index contributed by atoms with van der Waals surface area (Å²) >= 11 is 2.92. The van der Waals surface area contributed by atoms with E-state index in [9.17, 15) is 13.2 Å². The first kappa shape index (κ1) is 11.4. The number of nitrogens with zero attached hydrogens (tertiary/aromatic N) is 2. The molecule has 1 aromatic carbocycles. The summed E-state index contributed by atoms with van der Waals surface area (Å²) in [5.41, 5.74) is 0.357. The van der Waals surface area contributed by atoms with Gasteiger partial charge >= 0.3 is 6.18 Å². The fraction of sp³-hybridized carbons (Fsp3) is 0.300. The van der Waals surface area contributed by atoms with E-state index in [0.717, 1.165) is 6.07 Å². The van der Waals surface area contributed by atoms with Crippen molar-refractivity contribution in [3.8, 4) is 0 Å². The van der Waals surface area contributed by atoms with Gasteiger partial charge < -0.3 is 4.57 Å². The van der Waals surface area contributed by atoms with Gasteiger partial charge in [-0.1, -0.05) is 15.9 Å². The minimum Gasteiger partial charge on any atom is -0.331 e. The molecule has 0 amide bonds. The summed E-state index contributed by atoms with van der Waals surface area (Å²) in [5, 5.41) is 0. The van der Waals surface area contributed by atoms with Crippen LogP contribution in [0.1, 0.15) is 11.4 Å². The van der Waals surface area contributed by atoms with Crippen LogP contribution in [0.5, 0.6) is 0 Å². The van der Waals surface area contributed by atoms with Crippen LogP contribution in [0.15, 0.2) is 16.6 Å². The minimum atomic E-state index is -4.36. The van der Waals surface area contributed by atoms with Crippen LogP contribution in [-0.2, 0) is 13.2 Å². The average Bonchev–Trinajstić information content (AvgIpc) is 2.39. The van der Waals surface area contributed by atoms with Crippen molar-refractivity contribution >= 4 is 27.0 Å². The SMILES string of the molecule is Cc1nc2cc(Br)c(C(F)(F)F)cc2n1C. The lowest BCUT2D eigenvalue weighted by atomic mass is 10.2. The van der Waals surface area contributed by atoms with Crippen LogP contribution in [0.4, 0.5) is 13.2 Å². The van der Waals surface area contributed by atoms with Crippen LogP contribution >= 0.6 is 15.9 Å². The third kappa shape index (κ3) is 1.71. The van der Waals surface area contributed by atoms with Crippen molar-refractivity contribution in [2.45, 2.75) is 13.1 Å². The first-order chi connectivity index (χ1) is 7.30. The van der Waals surface area contributed by atoms with Crippen molar-refractivity contribution in [3.05, 3.63) is 28.0 Å². The predicted molar refractivity (Wildman–Crippen MR) is 58.2 cm³/mol. The van der Waals surface area contributed by atoms with Gasteiger partial charge in [0.15, 0.2) is 0 Å². The highest BCUT2D eigenvalue weighted by molar-refractivity contribution is 9.10. The molecule has 0 saturated carbocycles. The van der Waals surface area contributed by atoms with Gasteiger partial charge in [-0.3, -0.25) is 0 Å². The lowest BCUT2D eigenvalue weighted by Gasteiger charge is -2.09. The van der Waals surface area contributed by atoms with Crippen molar-refractivity contribution < 1.29 is 13.2 Å². The van der Waals surface area contributed by atoms with Gasteiger partial charge in [-0.15, -0.1) is 0 Å². The molecule has 0 N–H and O–H groups in total. The highest BCUT2D eigenvalue weighted by atomic mass is 79.9. The van der Waals surface area contributed by atoms with Gasteiger partial charge in [-0.2, -0.15) is 13.2 Å². The molecule has 0 spiro atoms. The number of benzene rings is 1. The maximum Gasteiger partial charge on any atom is 0.417 e. The van der Waals surface area contributed by atoms with Gasteiger partial charge in [0.1, 0.15) is 5.82 Å². The molecule has 0 bridgehead atoms. The van der Waals surface area contributed by atoms with Gasteiger partial charge in [-0.25, -0.2) is 4.98 Å². The Balaban J connectivity index is 2.79. The molecule has 2 nitrogen and oxygen atoms in total. The number of aryl methyl sites for hydroxylation is 2. The van der Waals surface area contributed by atoms with Gasteiger partial charge in [0.05, 0.1) is 16.6 Å². The number of hydrogen-bond acceptors (Lipinski definition) is 1. The van der Waals surface area contributed by atoms with Crippen molar-refractivity contribution in [2.24, 2.45) is 7.05 Å². The fourth-order valence-corrected chi connectivity index (χ4v) is 2.11. The lowest BCUT2D eigenvalue weighted by molar-refractivity contribution is -0.138. The Kier molecular flexibility index (Phi) is 2.49. The summed E-state index contributed by atoms with van der Waals surface area (Å²) in [6.07, 6.45) is -4.36. The average molecular weight is 293 g/mol. The maximum atomic E-state index is 12.7. The van der Waals surface area contributed by atoms with Crippen LogP contribution in [0.3, 0.4) is 0 Å². The molecule has 6 heteroatoms. The molecule has 1 heterocycles. The third-order valence-electron chi connectivity index (χ3n) is 2.50. The summed E-state index contributed by atoms with van der Waals surface area (Å²) < 4.78 is 39.6. The number of imidazole rings is 1. The second kappa shape index (κ2) is 3.48. The summed E-state index contributed by atoms with van der Waals surface area (Å²) in [6, 6.07) is 2.50. The molecular weight excluding hydrogens is 285 g/mol. The second-order valence-corrected chi connectivity index (χ2v) is 4.39.